The molecule has 0 aliphatic carbocycles. The second-order valence-corrected chi connectivity index (χ2v) is 9.50. The molecule has 0 radical (unpaired) electrons. The lowest BCUT2D eigenvalue weighted by molar-refractivity contribution is 0.433. The average molecular weight is 407 g/mol. The van der Waals surface area contributed by atoms with E-state index in [0.29, 0.717) is 23.9 Å². The molecule has 0 saturated carbocycles. The molecule has 2 aromatic heterocycles. The second-order valence-electron chi connectivity index (χ2n) is 7.56. The number of sulfonamides is 1. The van der Waals surface area contributed by atoms with Gasteiger partial charge >= 0.3 is 0 Å². The molecule has 3 heterocycles. The van der Waals surface area contributed by atoms with Gasteiger partial charge in [-0.1, -0.05) is 24.3 Å². The lowest BCUT2D eigenvalue weighted by Crippen LogP contribution is -2.29. The second kappa shape index (κ2) is 7.17. The summed E-state index contributed by atoms with van der Waals surface area (Å²) >= 11 is 0. The van der Waals surface area contributed by atoms with E-state index in [0.717, 1.165) is 24.1 Å². The smallest absolute Gasteiger partial charge is 0.243 e. The molecule has 5 rings (SSSR count). The summed E-state index contributed by atoms with van der Waals surface area (Å²) in [6.07, 6.45) is 6.67. The van der Waals surface area contributed by atoms with Crippen LogP contribution in [-0.4, -0.2) is 40.6 Å². The van der Waals surface area contributed by atoms with Gasteiger partial charge in [-0.15, -0.1) is 0 Å². The number of hydrogen-bond acceptors (Lipinski definition) is 3. The third-order valence-electron chi connectivity index (χ3n) is 5.69. The summed E-state index contributed by atoms with van der Waals surface area (Å²) in [6.45, 7) is 1.95. The Hall–Kier alpha value is -2.90. The number of benzene rings is 2. The fourth-order valence-corrected chi connectivity index (χ4v) is 5.68. The van der Waals surface area contributed by atoms with Gasteiger partial charge in [-0.3, -0.25) is 5.10 Å². The highest BCUT2D eigenvalue weighted by Crippen LogP contribution is 2.28. The normalized spacial score (nSPS) is 17.9. The summed E-state index contributed by atoms with van der Waals surface area (Å²) < 4.78 is 29.6. The number of rotatable bonds is 5. The van der Waals surface area contributed by atoms with Crippen LogP contribution in [0.1, 0.15) is 6.42 Å². The summed E-state index contributed by atoms with van der Waals surface area (Å²) in [5, 5.41) is 8.04. The van der Waals surface area contributed by atoms with E-state index < -0.39 is 10.0 Å². The number of nitrogens with zero attached hydrogens (tertiary/aromatic N) is 3. The Morgan fingerprint density at radius 2 is 1.93 bits per heavy atom. The first-order valence-corrected chi connectivity index (χ1v) is 11.2. The number of fused-ring (bicyclic) bond motifs is 1. The number of aromatic amines is 1. The number of hydrogen-bond donors (Lipinski definition) is 1. The molecule has 2 aromatic carbocycles. The maximum atomic E-state index is 12.9. The van der Waals surface area contributed by atoms with E-state index in [4.69, 9.17) is 0 Å². The van der Waals surface area contributed by atoms with Crippen LogP contribution in [0.4, 0.5) is 0 Å². The summed E-state index contributed by atoms with van der Waals surface area (Å²) in [5.74, 6) is 0.303. The van der Waals surface area contributed by atoms with Crippen LogP contribution in [0.5, 0.6) is 0 Å². The van der Waals surface area contributed by atoms with Gasteiger partial charge in [-0.05, 0) is 48.2 Å². The highest BCUT2D eigenvalue weighted by atomic mass is 32.2. The lowest BCUT2D eigenvalue weighted by Gasteiger charge is -2.17. The van der Waals surface area contributed by atoms with E-state index in [1.165, 1.54) is 10.9 Å². The highest BCUT2D eigenvalue weighted by Gasteiger charge is 2.32. The molecule has 1 aliphatic rings. The van der Waals surface area contributed by atoms with Crippen molar-refractivity contribution in [1.29, 1.82) is 0 Å². The first-order chi connectivity index (χ1) is 14.1. The highest BCUT2D eigenvalue weighted by molar-refractivity contribution is 7.89. The van der Waals surface area contributed by atoms with Gasteiger partial charge in [-0.25, -0.2) is 8.42 Å². The lowest BCUT2D eigenvalue weighted by atomic mass is 10.1. The fraction of sp³-hybridized carbons (Fsp3) is 0.227. The topological polar surface area (TPSA) is 71.0 Å². The van der Waals surface area contributed by atoms with Crippen LogP contribution in [0.2, 0.25) is 0 Å². The first-order valence-electron chi connectivity index (χ1n) is 9.74. The molecule has 1 unspecified atom stereocenters. The van der Waals surface area contributed by atoms with Crippen LogP contribution in [-0.2, 0) is 16.6 Å². The van der Waals surface area contributed by atoms with E-state index in [-0.39, 0.29) is 0 Å². The minimum absolute atomic E-state index is 0.303. The van der Waals surface area contributed by atoms with E-state index in [1.54, 1.807) is 28.6 Å². The third-order valence-corrected chi connectivity index (χ3v) is 7.57. The van der Waals surface area contributed by atoms with Gasteiger partial charge in [0, 0.05) is 48.5 Å². The van der Waals surface area contributed by atoms with E-state index in [1.807, 2.05) is 18.5 Å². The van der Waals surface area contributed by atoms with Crippen molar-refractivity contribution in [1.82, 2.24) is 19.1 Å². The standard InChI is InChI=1S/C22H22N4O2S/c27-29(28,21-4-2-1-3-5-21)26-11-8-17(16-26)15-25-10-9-19-12-18(6-7-22(19)25)20-13-23-24-14-20/h1-7,9-10,12-14,17H,8,11,15-16H2,(H,23,24). The molecule has 148 valence electrons. The van der Waals surface area contributed by atoms with Crippen LogP contribution in [0.3, 0.4) is 0 Å². The summed E-state index contributed by atoms with van der Waals surface area (Å²) in [7, 11) is -3.41. The SMILES string of the molecule is O=S(=O)(c1ccccc1)N1CCC(Cn2ccc3cc(-c4cn[nH]c4)ccc32)C1. The molecule has 29 heavy (non-hydrogen) atoms. The molecule has 1 N–H and O–H groups in total. The van der Waals surface area contributed by atoms with E-state index in [2.05, 4.69) is 45.2 Å². The first kappa shape index (κ1) is 18.1. The van der Waals surface area contributed by atoms with Crippen molar-refractivity contribution in [3.63, 3.8) is 0 Å². The van der Waals surface area contributed by atoms with Crippen molar-refractivity contribution in [2.24, 2.45) is 5.92 Å². The van der Waals surface area contributed by atoms with Crippen molar-refractivity contribution >= 4 is 20.9 Å². The van der Waals surface area contributed by atoms with E-state index >= 15 is 0 Å². The molecule has 0 amide bonds. The number of aromatic nitrogens is 3. The Kier molecular flexibility index (Phi) is 4.49. The predicted molar refractivity (Wildman–Crippen MR) is 113 cm³/mol. The van der Waals surface area contributed by atoms with Crippen molar-refractivity contribution < 1.29 is 8.42 Å². The van der Waals surface area contributed by atoms with Crippen LogP contribution < -0.4 is 0 Å². The maximum absolute atomic E-state index is 12.9. The van der Waals surface area contributed by atoms with Crippen molar-refractivity contribution in [2.45, 2.75) is 17.9 Å². The van der Waals surface area contributed by atoms with Crippen molar-refractivity contribution in [2.75, 3.05) is 13.1 Å². The molecule has 1 fully saturated rings. The quantitative estimate of drug-likeness (QED) is 0.549. The van der Waals surface area contributed by atoms with Crippen LogP contribution in [0, 0.1) is 5.92 Å². The summed E-state index contributed by atoms with van der Waals surface area (Å²) in [4.78, 5) is 0.374. The Morgan fingerprint density at radius 3 is 2.72 bits per heavy atom. The Labute approximate surface area is 169 Å². The van der Waals surface area contributed by atoms with Gasteiger partial charge in [0.1, 0.15) is 0 Å². The number of nitrogens with one attached hydrogen (secondary N) is 1. The maximum Gasteiger partial charge on any atom is 0.243 e. The zero-order valence-corrected chi connectivity index (χ0v) is 16.7. The van der Waals surface area contributed by atoms with Gasteiger partial charge in [0.05, 0.1) is 11.1 Å². The van der Waals surface area contributed by atoms with Gasteiger partial charge in [0.25, 0.3) is 0 Å². The number of H-pyrrole nitrogens is 1. The van der Waals surface area contributed by atoms with Gasteiger partial charge in [0.15, 0.2) is 0 Å². The summed E-state index contributed by atoms with van der Waals surface area (Å²) in [6, 6.07) is 17.2. The van der Waals surface area contributed by atoms with Gasteiger partial charge in [0.2, 0.25) is 10.0 Å². The summed E-state index contributed by atoms with van der Waals surface area (Å²) in [5.41, 5.74) is 3.36. The molecular formula is C22H22N4O2S. The minimum Gasteiger partial charge on any atom is -0.347 e. The Morgan fingerprint density at radius 1 is 1.07 bits per heavy atom. The van der Waals surface area contributed by atoms with Gasteiger partial charge < -0.3 is 4.57 Å². The monoisotopic (exact) mass is 406 g/mol. The molecular weight excluding hydrogens is 384 g/mol. The Balaban J connectivity index is 1.33. The molecule has 1 aliphatic heterocycles. The van der Waals surface area contributed by atoms with Crippen molar-refractivity contribution in [3.05, 3.63) is 73.2 Å². The average Bonchev–Trinajstić information content (AvgIpc) is 3.50. The van der Waals surface area contributed by atoms with Crippen LogP contribution in [0.15, 0.2) is 78.1 Å². The molecule has 1 atom stereocenters. The third kappa shape index (κ3) is 3.36. The molecule has 4 aromatic rings. The zero-order chi connectivity index (χ0) is 19.8. The zero-order valence-electron chi connectivity index (χ0n) is 15.9. The molecule has 1 saturated heterocycles. The minimum atomic E-state index is -3.41. The Bertz CT molecular complexity index is 1230. The molecule has 6 nitrogen and oxygen atoms in total. The molecule has 0 spiro atoms. The fourth-order valence-electron chi connectivity index (χ4n) is 4.13. The molecule has 7 heteroatoms. The predicted octanol–water partition coefficient (Wildman–Crippen LogP) is 3.74. The van der Waals surface area contributed by atoms with Crippen molar-refractivity contribution in [3.8, 4) is 11.1 Å². The van der Waals surface area contributed by atoms with Crippen LogP contribution in [0.25, 0.3) is 22.0 Å². The largest absolute Gasteiger partial charge is 0.347 e. The van der Waals surface area contributed by atoms with Gasteiger partial charge in [-0.2, -0.15) is 9.40 Å². The van der Waals surface area contributed by atoms with E-state index in [9.17, 15) is 8.42 Å². The van der Waals surface area contributed by atoms with Crippen LogP contribution >= 0.6 is 0 Å². The molecule has 0 bridgehead atoms.